The van der Waals surface area contributed by atoms with Crippen molar-refractivity contribution in [3.05, 3.63) is 28.8 Å². The van der Waals surface area contributed by atoms with Crippen LogP contribution in [0.5, 0.6) is 5.75 Å². The summed E-state index contributed by atoms with van der Waals surface area (Å²) in [6.45, 7) is 5.75. The zero-order valence-electron chi connectivity index (χ0n) is 11.2. The Morgan fingerprint density at radius 2 is 2.16 bits per heavy atom. The number of aromatic hydroxyl groups is 1. The Kier molecular flexibility index (Phi) is 4.68. The van der Waals surface area contributed by atoms with Gasteiger partial charge in [-0.3, -0.25) is 4.90 Å². The van der Waals surface area contributed by atoms with Gasteiger partial charge < -0.3 is 14.9 Å². The standard InChI is InChI=1S/C14H20ClNO3/c1-9(2)19-13-8-16(7-12(13)18)6-10-4-3-5-11(17)14(10)15/h3-5,9,12-13,17-18H,6-8H2,1-2H3/t12-,13-/m0/s1. The number of benzene rings is 1. The number of phenolic OH excluding ortho intramolecular Hbond substituents is 1. The molecular weight excluding hydrogens is 266 g/mol. The number of ether oxygens (including phenoxy) is 1. The number of hydrogen-bond acceptors (Lipinski definition) is 4. The lowest BCUT2D eigenvalue weighted by Gasteiger charge is -2.18. The highest BCUT2D eigenvalue weighted by Gasteiger charge is 2.32. The van der Waals surface area contributed by atoms with Gasteiger partial charge in [-0.05, 0) is 25.5 Å². The summed E-state index contributed by atoms with van der Waals surface area (Å²) in [4.78, 5) is 2.08. The van der Waals surface area contributed by atoms with Crippen LogP contribution in [0.3, 0.4) is 0 Å². The number of likely N-dealkylation sites (tertiary alicyclic amines) is 1. The van der Waals surface area contributed by atoms with Crippen LogP contribution in [0.25, 0.3) is 0 Å². The molecule has 1 aliphatic rings. The third kappa shape index (κ3) is 3.60. The normalized spacial score (nSPS) is 24.3. The molecule has 106 valence electrons. The van der Waals surface area contributed by atoms with Crippen molar-refractivity contribution in [3.63, 3.8) is 0 Å². The molecule has 0 aromatic heterocycles. The predicted molar refractivity (Wildman–Crippen MR) is 74.4 cm³/mol. The summed E-state index contributed by atoms with van der Waals surface area (Å²) in [5, 5.41) is 19.9. The molecule has 1 aromatic carbocycles. The molecule has 0 spiro atoms. The fourth-order valence-corrected chi connectivity index (χ4v) is 2.56. The monoisotopic (exact) mass is 285 g/mol. The molecule has 1 fully saturated rings. The maximum atomic E-state index is 9.96. The van der Waals surface area contributed by atoms with Gasteiger partial charge in [0.15, 0.2) is 0 Å². The predicted octanol–water partition coefficient (Wildman–Crippen LogP) is 2.02. The van der Waals surface area contributed by atoms with Gasteiger partial charge in [-0.15, -0.1) is 0 Å². The maximum absolute atomic E-state index is 9.96. The summed E-state index contributed by atoms with van der Waals surface area (Å²) in [6, 6.07) is 5.21. The van der Waals surface area contributed by atoms with Gasteiger partial charge in [0.05, 0.1) is 23.3 Å². The molecule has 1 heterocycles. The van der Waals surface area contributed by atoms with Crippen molar-refractivity contribution >= 4 is 11.6 Å². The molecule has 4 nitrogen and oxygen atoms in total. The van der Waals surface area contributed by atoms with Crippen molar-refractivity contribution in [2.45, 2.75) is 38.7 Å². The summed E-state index contributed by atoms with van der Waals surface area (Å²) in [5.41, 5.74) is 0.860. The Hall–Kier alpha value is -0.810. The van der Waals surface area contributed by atoms with E-state index in [0.29, 0.717) is 24.7 Å². The van der Waals surface area contributed by atoms with Crippen LogP contribution in [0.1, 0.15) is 19.4 Å². The highest BCUT2D eigenvalue weighted by atomic mass is 35.5. The molecular formula is C14H20ClNO3. The first-order valence-corrected chi connectivity index (χ1v) is 6.87. The van der Waals surface area contributed by atoms with Gasteiger partial charge in [-0.1, -0.05) is 23.7 Å². The zero-order valence-corrected chi connectivity index (χ0v) is 12.0. The van der Waals surface area contributed by atoms with Gasteiger partial charge in [0.1, 0.15) is 5.75 Å². The molecule has 0 aliphatic carbocycles. The first-order valence-electron chi connectivity index (χ1n) is 6.49. The van der Waals surface area contributed by atoms with Crippen LogP contribution in [0.15, 0.2) is 18.2 Å². The highest BCUT2D eigenvalue weighted by molar-refractivity contribution is 6.32. The summed E-state index contributed by atoms with van der Waals surface area (Å²) in [6.07, 6.45) is -0.529. The first-order chi connectivity index (χ1) is 8.97. The maximum Gasteiger partial charge on any atom is 0.134 e. The SMILES string of the molecule is CC(C)O[C@H]1CN(Cc2cccc(O)c2Cl)C[C@@H]1O. The number of hydrogen-bond donors (Lipinski definition) is 2. The third-order valence-corrected chi connectivity index (χ3v) is 3.65. The topological polar surface area (TPSA) is 52.9 Å². The van der Waals surface area contributed by atoms with Gasteiger partial charge in [0, 0.05) is 19.6 Å². The van der Waals surface area contributed by atoms with Crippen LogP contribution in [0, 0.1) is 0 Å². The van der Waals surface area contributed by atoms with Crippen molar-refractivity contribution in [2.75, 3.05) is 13.1 Å². The minimum Gasteiger partial charge on any atom is -0.506 e. The Labute approximate surface area is 118 Å². The Morgan fingerprint density at radius 1 is 1.42 bits per heavy atom. The fourth-order valence-electron chi connectivity index (χ4n) is 2.37. The summed E-state index contributed by atoms with van der Waals surface area (Å²) in [7, 11) is 0. The molecule has 0 bridgehead atoms. The zero-order chi connectivity index (χ0) is 14.0. The van der Waals surface area contributed by atoms with Crippen molar-refractivity contribution in [2.24, 2.45) is 0 Å². The van der Waals surface area contributed by atoms with Gasteiger partial charge in [-0.2, -0.15) is 0 Å². The van der Waals surface area contributed by atoms with E-state index in [2.05, 4.69) is 4.90 Å². The number of rotatable bonds is 4. The van der Waals surface area contributed by atoms with Crippen LogP contribution >= 0.6 is 11.6 Å². The molecule has 0 amide bonds. The largest absolute Gasteiger partial charge is 0.506 e. The van der Waals surface area contributed by atoms with Crippen LogP contribution in [0.4, 0.5) is 0 Å². The van der Waals surface area contributed by atoms with Crippen molar-refractivity contribution in [3.8, 4) is 5.75 Å². The second-order valence-corrected chi connectivity index (χ2v) is 5.61. The first kappa shape index (κ1) is 14.6. The lowest BCUT2D eigenvalue weighted by atomic mass is 10.2. The van der Waals surface area contributed by atoms with Gasteiger partial charge in [0.2, 0.25) is 0 Å². The average Bonchev–Trinajstić information content (AvgIpc) is 2.65. The molecule has 0 radical (unpaired) electrons. The second kappa shape index (κ2) is 6.09. The van der Waals surface area contributed by atoms with E-state index in [0.717, 1.165) is 5.56 Å². The lowest BCUT2D eigenvalue weighted by molar-refractivity contribution is -0.0396. The third-order valence-electron chi connectivity index (χ3n) is 3.21. The van der Waals surface area contributed by atoms with E-state index in [1.807, 2.05) is 19.9 Å². The molecule has 2 N–H and O–H groups in total. The van der Waals surface area contributed by atoms with Crippen LogP contribution in [-0.2, 0) is 11.3 Å². The van der Waals surface area contributed by atoms with Crippen LogP contribution < -0.4 is 0 Å². The van der Waals surface area contributed by atoms with Gasteiger partial charge in [-0.25, -0.2) is 0 Å². The molecule has 1 aliphatic heterocycles. The van der Waals surface area contributed by atoms with E-state index in [1.165, 1.54) is 0 Å². The van der Waals surface area contributed by atoms with E-state index in [4.69, 9.17) is 16.3 Å². The quantitative estimate of drug-likeness (QED) is 0.889. The second-order valence-electron chi connectivity index (χ2n) is 5.23. The van der Waals surface area contributed by atoms with E-state index in [9.17, 15) is 10.2 Å². The molecule has 19 heavy (non-hydrogen) atoms. The van der Waals surface area contributed by atoms with Gasteiger partial charge >= 0.3 is 0 Å². The summed E-state index contributed by atoms with van der Waals surface area (Å²) in [5.74, 6) is 0.0916. The molecule has 2 atom stereocenters. The number of nitrogens with zero attached hydrogens (tertiary/aromatic N) is 1. The smallest absolute Gasteiger partial charge is 0.134 e. The Balaban J connectivity index is 1.99. The highest BCUT2D eigenvalue weighted by Crippen LogP contribution is 2.28. The summed E-state index contributed by atoms with van der Waals surface area (Å²) >= 11 is 6.06. The number of halogens is 1. The van der Waals surface area contributed by atoms with E-state index in [-0.39, 0.29) is 18.0 Å². The van der Waals surface area contributed by atoms with E-state index in [1.54, 1.807) is 12.1 Å². The molecule has 5 heteroatoms. The number of β-amino-alcohol motifs (C(OH)–C–C–N with tert-alkyl or cyclic N) is 1. The average molecular weight is 286 g/mol. The van der Waals surface area contributed by atoms with Crippen molar-refractivity contribution in [1.82, 2.24) is 4.90 Å². The molecule has 1 saturated heterocycles. The van der Waals surface area contributed by atoms with E-state index < -0.39 is 6.10 Å². The minimum absolute atomic E-state index is 0.0916. The lowest BCUT2D eigenvalue weighted by Crippen LogP contribution is -2.29. The fraction of sp³-hybridized carbons (Fsp3) is 0.571. The molecule has 1 aromatic rings. The number of phenols is 1. The number of aliphatic hydroxyl groups excluding tert-OH is 1. The van der Waals surface area contributed by atoms with E-state index >= 15 is 0 Å². The Bertz CT molecular complexity index is 439. The summed E-state index contributed by atoms with van der Waals surface area (Å²) < 4.78 is 5.67. The van der Waals surface area contributed by atoms with Gasteiger partial charge in [0.25, 0.3) is 0 Å². The van der Waals surface area contributed by atoms with Crippen LogP contribution in [-0.4, -0.2) is 46.5 Å². The van der Waals surface area contributed by atoms with Crippen molar-refractivity contribution < 1.29 is 14.9 Å². The number of aliphatic hydroxyl groups is 1. The minimum atomic E-state index is -0.474. The molecule has 2 rings (SSSR count). The van der Waals surface area contributed by atoms with Crippen LogP contribution in [0.2, 0.25) is 5.02 Å². The molecule has 0 unspecified atom stereocenters. The Morgan fingerprint density at radius 3 is 2.84 bits per heavy atom. The molecule has 0 saturated carbocycles. The van der Waals surface area contributed by atoms with Crippen molar-refractivity contribution in [1.29, 1.82) is 0 Å².